The monoisotopic (exact) mass is 319 g/mol. The molecule has 3 N–H and O–H groups in total. The Hall–Kier alpha value is -2.12. The molecule has 3 rings (SSSR count). The Morgan fingerprint density at radius 2 is 1.95 bits per heavy atom. The molecule has 0 bridgehead atoms. The molecule has 0 saturated carbocycles. The van der Waals surface area contributed by atoms with Crippen molar-refractivity contribution >= 4 is 42.4 Å². The number of hydrogen-bond acceptors (Lipinski definition) is 5. The van der Waals surface area contributed by atoms with Crippen LogP contribution in [0.3, 0.4) is 0 Å². The van der Waals surface area contributed by atoms with E-state index in [1.165, 1.54) is 11.3 Å². The zero-order valence-electron chi connectivity index (χ0n) is 11.0. The number of thiazole rings is 1. The largest absolute Gasteiger partial charge is 0.399 e. The lowest BCUT2D eigenvalue weighted by Gasteiger charge is -2.05. The maximum atomic E-state index is 12.2. The summed E-state index contributed by atoms with van der Waals surface area (Å²) in [5.41, 5.74) is 7.62. The first-order valence-corrected chi connectivity index (χ1v) is 8.69. The van der Waals surface area contributed by atoms with Crippen LogP contribution in [0.1, 0.15) is 5.56 Å². The standard InChI is InChI=1S/C14H13N3O2S2/c15-11-5-3-4-10(8-11)9-21(18,19)17-14-16-12-6-1-2-7-13(12)20-14/h1-8H,9,15H2,(H,16,17). The van der Waals surface area contributed by atoms with Gasteiger partial charge in [0.2, 0.25) is 10.0 Å². The molecular formula is C14H13N3O2S2. The van der Waals surface area contributed by atoms with Crippen molar-refractivity contribution in [1.82, 2.24) is 4.98 Å². The van der Waals surface area contributed by atoms with Gasteiger partial charge in [0.25, 0.3) is 0 Å². The molecule has 1 aromatic heterocycles. The first-order valence-electron chi connectivity index (χ1n) is 6.22. The predicted octanol–water partition coefficient (Wildman–Crippen LogP) is 2.82. The molecule has 0 atom stereocenters. The topological polar surface area (TPSA) is 85.1 Å². The summed E-state index contributed by atoms with van der Waals surface area (Å²) in [6.45, 7) is 0. The van der Waals surface area contributed by atoms with Gasteiger partial charge in [-0.15, -0.1) is 0 Å². The summed E-state index contributed by atoms with van der Waals surface area (Å²) in [5.74, 6) is -0.131. The second-order valence-corrected chi connectivity index (χ2v) is 7.35. The van der Waals surface area contributed by atoms with Gasteiger partial charge in [-0.05, 0) is 29.8 Å². The van der Waals surface area contributed by atoms with Crippen LogP contribution in [0, 0.1) is 0 Å². The van der Waals surface area contributed by atoms with Crippen LogP contribution in [0.25, 0.3) is 10.2 Å². The van der Waals surface area contributed by atoms with E-state index in [0.717, 1.165) is 10.2 Å². The van der Waals surface area contributed by atoms with E-state index in [-0.39, 0.29) is 5.75 Å². The van der Waals surface area contributed by atoms with Crippen LogP contribution in [0.15, 0.2) is 48.5 Å². The molecule has 0 aliphatic rings. The number of rotatable bonds is 4. The minimum Gasteiger partial charge on any atom is -0.399 e. The van der Waals surface area contributed by atoms with Crippen molar-refractivity contribution in [2.75, 3.05) is 10.5 Å². The molecular weight excluding hydrogens is 306 g/mol. The molecule has 1 heterocycles. The zero-order chi connectivity index (χ0) is 14.9. The lowest BCUT2D eigenvalue weighted by atomic mass is 10.2. The molecule has 0 amide bonds. The van der Waals surface area contributed by atoms with Gasteiger partial charge < -0.3 is 5.73 Å². The van der Waals surface area contributed by atoms with E-state index in [0.29, 0.717) is 16.4 Å². The fourth-order valence-electron chi connectivity index (χ4n) is 1.99. The fourth-order valence-corrected chi connectivity index (χ4v) is 4.25. The van der Waals surface area contributed by atoms with Gasteiger partial charge in [-0.2, -0.15) is 0 Å². The van der Waals surface area contributed by atoms with Crippen LogP contribution in [-0.4, -0.2) is 13.4 Å². The average Bonchev–Trinajstić information content (AvgIpc) is 2.79. The highest BCUT2D eigenvalue weighted by Gasteiger charge is 2.14. The highest BCUT2D eigenvalue weighted by atomic mass is 32.2. The fraction of sp³-hybridized carbons (Fsp3) is 0.0714. The van der Waals surface area contributed by atoms with E-state index in [1.807, 2.05) is 24.3 Å². The highest BCUT2D eigenvalue weighted by Crippen LogP contribution is 2.26. The van der Waals surface area contributed by atoms with Crippen molar-refractivity contribution in [1.29, 1.82) is 0 Å². The van der Waals surface area contributed by atoms with Crippen molar-refractivity contribution in [2.45, 2.75) is 5.75 Å². The van der Waals surface area contributed by atoms with Crippen molar-refractivity contribution in [3.63, 3.8) is 0 Å². The Labute approximate surface area is 126 Å². The van der Waals surface area contributed by atoms with Gasteiger partial charge >= 0.3 is 0 Å². The number of nitrogens with one attached hydrogen (secondary N) is 1. The lowest BCUT2D eigenvalue weighted by molar-refractivity contribution is 0.600. The van der Waals surface area contributed by atoms with E-state index >= 15 is 0 Å². The van der Waals surface area contributed by atoms with Gasteiger partial charge in [-0.25, -0.2) is 13.4 Å². The highest BCUT2D eigenvalue weighted by molar-refractivity contribution is 7.92. The van der Waals surface area contributed by atoms with Crippen molar-refractivity contribution in [2.24, 2.45) is 0 Å². The van der Waals surface area contributed by atoms with E-state index in [4.69, 9.17) is 5.73 Å². The molecule has 108 valence electrons. The average molecular weight is 319 g/mol. The molecule has 0 fully saturated rings. The van der Waals surface area contributed by atoms with Crippen LogP contribution in [-0.2, 0) is 15.8 Å². The number of nitrogens with zero attached hydrogens (tertiary/aromatic N) is 1. The lowest BCUT2D eigenvalue weighted by Crippen LogP contribution is -2.14. The summed E-state index contributed by atoms with van der Waals surface area (Å²) in [5, 5.41) is 0.375. The summed E-state index contributed by atoms with van der Waals surface area (Å²) < 4.78 is 27.8. The van der Waals surface area contributed by atoms with Crippen LogP contribution in [0.5, 0.6) is 0 Å². The number of fused-ring (bicyclic) bond motifs is 1. The minimum atomic E-state index is -3.51. The normalized spacial score (nSPS) is 11.6. The van der Waals surface area contributed by atoms with Crippen LogP contribution in [0.4, 0.5) is 10.8 Å². The molecule has 5 nitrogen and oxygen atoms in total. The van der Waals surface area contributed by atoms with Gasteiger partial charge in [0.1, 0.15) is 0 Å². The number of nitrogen functional groups attached to an aromatic ring is 1. The maximum absolute atomic E-state index is 12.2. The molecule has 2 aromatic carbocycles. The van der Waals surface area contributed by atoms with Gasteiger partial charge in [0.05, 0.1) is 16.0 Å². The number of para-hydroxylation sites is 1. The minimum absolute atomic E-state index is 0.131. The molecule has 0 aliphatic carbocycles. The summed E-state index contributed by atoms with van der Waals surface area (Å²) in [7, 11) is -3.51. The maximum Gasteiger partial charge on any atom is 0.238 e. The summed E-state index contributed by atoms with van der Waals surface area (Å²) in [6, 6.07) is 14.4. The van der Waals surface area contributed by atoms with E-state index in [9.17, 15) is 8.42 Å². The smallest absolute Gasteiger partial charge is 0.238 e. The van der Waals surface area contributed by atoms with Gasteiger partial charge in [0, 0.05) is 5.69 Å². The number of aromatic nitrogens is 1. The summed E-state index contributed by atoms with van der Waals surface area (Å²) in [6.07, 6.45) is 0. The molecule has 0 unspecified atom stereocenters. The molecule has 0 saturated heterocycles. The Morgan fingerprint density at radius 3 is 2.71 bits per heavy atom. The molecule has 3 aromatic rings. The Balaban J connectivity index is 1.82. The predicted molar refractivity (Wildman–Crippen MR) is 86.7 cm³/mol. The Morgan fingerprint density at radius 1 is 1.14 bits per heavy atom. The summed E-state index contributed by atoms with van der Waals surface area (Å²) >= 11 is 1.31. The van der Waals surface area contributed by atoms with E-state index < -0.39 is 10.0 Å². The molecule has 7 heteroatoms. The van der Waals surface area contributed by atoms with Crippen LogP contribution in [0.2, 0.25) is 0 Å². The number of sulfonamides is 1. The third-order valence-electron chi connectivity index (χ3n) is 2.84. The van der Waals surface area contributed by atoms with Crippen molar-refractivity contribution in [3.05, 3.63) is 54.1 Å². The summed E-state index contributed by atoms with van der Waals surface area (Å²) in [4.78, 5) is 4.26. The molecule has 0 aliphatic heterocycles. The van der Waals surface area contributed by atoms with Crippen LogP contribution >= 0.6 is 11.3 Å². The van der Waals surface area contributed by atoms with Gasteiger partial charge in [-0.1, -0.05) is 35.6 Å². The third-order valence-corrected chi connectivity index (χ3v) is 5.14. The van der Waals surface area contributed by atoms with Gasteiger partial charge in [-0.3, -0.25) is 4.72 Å². The SMILES string of the molecule is Nc1cccc(CS(=O)(=O)Nc2nc3ccccc3s2)c1. The quantitative estimate of drug-likeness (QED) is 0.724. The number of nitrogens with two attached hydrogens (primary N) is 1. The zero-order valence-corrected chi connectivity index (χ0v) is 12.6. The van der Waals surface area contributed by atoms with E-state index in [1.54, 1.807) is 24.3 Å². The number of benzene rings is 2. The first-order chi connectivity index (χ1) is 10.0. The first kappa shape index (κ1) is 13.8. The Kier molecular flexibility index (Phi) is 3.52. The van der Waals surface area contributed by atoms with Crippen LogP contribution < -0.4 is 10.5 Å². The Bertz CT molecular complexity index is 855. The molecule has 21 heavy (non-hydrogen) atoms. The van der Waals surface area contributed by atoms with Crippen molar-refractivity contribution in [3.8, 4) is 0 Å². The molecule has 0 radical (unpaired) electrons. The van der Waals surface area contributed by atoms with Crippen molar-refractivity contribution < 1.29 is 8.42 Å². The number of anilines is 2. The van der Waals surface area contributed by atoms with Gasteiger partial charge in [0.15, 0.2) is 5.13 Å². The number of hydrogen-bond donors (Lipinski definition) is 2. The van der Waals surface area contributed by atoms with E-state index in [2.05, 4.69) is 9.71 Å². The molecule has 0 spiro atoms. The third kappa shape index (κ3) is 3.32. The second kappa shape index (κ2) is 5.34. The second-order valence-electron chi connectivity index (χ2n) is 4.59.